The van der Waals surface area contributed by atoms with Gasteiger partial charge in [-0.15, -0.1) is 6.58 Å². The second kappa shape index (κ2) is 3.87. The minimum atomic E-state index is 0.0467. The Morgan fingerprint density at radius 1 is 1.44 bits per heavy atom. The molecule has 2 aliphatic carbocycles. The highest BCUT2D eigenvalue weighted by molar-refractivity contribution is 5.08. The molecule has 4 unspecified atom stereocenters. The fourth-order valence-electron chi connectivity index (χ4n) is 4.94. The van der Waals surface area contributed by atoms with E-state index in [4.69, 9.17) is 0 Å². The number of fused-ring (bicyclic) bond motifs is 2. The molecule has 0 radical (unpaired) electrons. The number of rotatable bonds is 4. The van der Waals surface area contributed by atoms with E-state index in [1.165, 1.54) is 19.3 Å². The van der Waals surface area contributed by atoms with Crippen LogP contribution in [0.4, 0.5) is 0 Å². The molecular formula is C15H26O. The molecular weight excluding hydrogens is 196 g/mol. The summed E-state index contributed by atoms with van der Waals surface area (Å²) in [5, 5.41) is 9.79. The van der Waals surface area contributed by atoms with Crippen molar-refractivity contribution in [1.29, 1.82) is 0 Å². The van der Waals surface area contributed by atoms with Crippen LogP contribution in [0.5, 0.6) is 0 Å². The number of hydrogen-bond donors (Lipinski definition) is 1. The van der Waals surface area contributed by atoms with Gasteiger partial charge in [-0.1, -0.05) is 26.8 Å². The van der Waals surface area contributed by atoms with Gasteiger partial charge in [0.15, 0.2) is 0 Å². The molecule has 0 aromatic carbocycles. The third-order valence-electron chi connectivity index (χ3n) is 5.52. The monoisotopic (exact) mass is 222 g/mol. The fraction of sp³-hybridized carbons (Fsp3) is 0.867. The predicted molar refractivity (Wildman–Crippen MR) is 68.1 cm³/mol. The Hall–Kier alpha value is -0.300. The Balaban J connectivity index is 2.28. The molecule has 16 heavy (non-hydrogen) atoms. The highest BCUT2D eigenvalue weighted by Crippen LogP contribution is 2.64. The molecule has 2 saturated carbocycles. The lowest BCUT2D eigenvalue weighted by Crippen LogP contribution is -2.44. The molecule has 0 saturated heterocycles. The maximum Gasteiger partial charge on any atom is 0.0490 e. The first-order valence-electron chi connectivity index (χ1n) is 6.67. The number of hydrogen-bond acceptors (Lipinski definition) is 1. The van der Waals surface area contributed by atoms with Crippen LogP contribution in [0.15, 0.2) is 12.7 Å². The summed E-state index contributed by atoms with van der Waals surface area (Å²) >= 11 is 0. The third-order valence-corrected chi connectivity index (χ3v) is 5.52. The van der Waals surface area contributed by atoms with Gasteiger partial charge in [0.1, 0.15) is 0 Å². The normalized spacial score (nSPS) is 39.6. The van der Waals surface area contributed by atoms with Crippen molar-refractivity contribution >= 4 is 0 Å². The molecule has 1 N–H and O–H groups in total. The van der Waals surface area contributed by atoms with Gasteiger partial charge in [-0.25, -0.2) is 0 Å². The van der Waals surface area contributed by atoms with E-state index in [9.17, 15) is 5.11 Å². The van der Waals surface area contributed by atoms with Crippen molar-refractivity contribution in [3.05, 3.63) is 12.7 Å². The number of aliphatic hydroxyl groups excluding tert-OH is 1. The van der Waals surface area contributed by atoms with Gasteiger partial charge >= 0.3 is 0 Å². The van der Waals surface area contributed by atoms with Gasteiger partial charge in [0.05, 0.1) is 0 Å². The quantitative estimate of drug-likeness (QED) is 0.720. The molecule has 2 rings (SSSR count). The SMILES string of the molecule is C=CCC(C)(CO)C1C2CCC(C2)C1(C)C. The zero-order valence-corrected chi connectivity index (χ0v) is 11.0. The van der Waals surface area contributed by atoms with E-state index in [1.54, 1.807) is 0 Å². The van der Waals surface area contributed by atoms with E-state index < -0.39 is 0 Å². The smallest absolute Gasteiger partial charge is 0.0490 e. The lowest BCUT2D eigenvalue weighted by molar-refractivity contribution is -0.0250. The summed E-state index contributed by atoms with van der Waals surface area (Å²) in [5.74, 6) is 2.40. The summed E-state index contributed by atoms with van der Waals surface area (Å²) < 4.78 is 0. The standard InChI is InChI=1S/C15H26O/c1-5-8-15(4,10-16)13-11-6-7-12(9-11)14(13,2)3/h5,11-13,16H,1,6-10H2,2-4H3. The predicted octanol–water partition coefficient (Wildman–Crippen LogP) is 3.63. The Bertz CT molecular complexity index is 281. The van der Waals surface area contributed by atoms with Crippen LogP contribution in [0.25, 0.3) is 0 Å². The van der Waals surface area contributed by atoms with Gasteiger partial charge in [0.2, 0.25) is 0 Å². The van der Waals surface area contributed by atoms with Crippen LogP contribution in [0.2, 0.25) is 0 Å². The average Bonchev–Trinajstić information content (AvgIpc) is 2.75. The Kier molecular flexibility index (Phi) is 2.94. The van der Waals surface area contributed by atoms with E-state index in [1.807, 2.05) is 6.08 Å². The summed E-state index contributed by atoms with van der Waals surface area (Å²) in [5.41, 5.74) is 0.453. The van der Waals surface area contributed by atoms with Crippen molar-refractivity contribution in [3.8, 4) is 0 Å². The first-order valence-corrected chi connectivity index (χ1v) is 6.67. The zero-order chi connectivity index (χ0) is 12.0. The lowest BCUT2D eigenvalue weighted by atomic mass is 9.57. The van der Waals surface area contributed by atoms with E-state index in [0.717, 1.165) is 18.3 Å². The van der Waals surface area contributed by atoms with Gasteiger partial charge in [0.25, 0.3) is 0 Å². The van der Waals surface area contributed by atoms with E-state index in [0.29, 0.717) is 17.9 Å². The molecule has 0 aromatic rings. The number of allylic oxidation sites excluding steroid dienone is 1. The Labute approximate surface area is 99.9 Å². The van der Waals surface area contributed by atoms with Gasteiger partial charge in [-0.2, -0.15) is 0 Å². The van der Waals surface area contributed by atoms with Gasteiger partial charge in [-0.05, 0) is 54.3 Å². The third kappa shape index (κ3) is 1.55. The molecule has 0 heterocycles. The molecule has 2 fully saturated rings. The summed E-state index contributed by atoms with van der Waals surface area (Å²) in [6.45, 7) is 11.2. The van der Waals surface area contributed by atoms with Crippen LogP contribution in [0.3, 0.4) is 0 Å². The van der Waals surface area contributed by atoms with Crippen molar-refractivity contribution in [2.24, 2.45) is 28.6 Å². The zero-order valence-electron chi connectivity index (χ0n) is 11.0. The summed E-state index contributed by atoms with van der Waals surface area (Å²) in [4.78, 5) is 0. The van der Waals surface area contributed by atoms with Gasteiger partial charge < -0.3 is 5.11 Å². The Morgan fingerprint density at radius 2 is 2.12 bits per heavy atom. The Morgan fingerprint density at radius 3 is 2.56 bits per heavy atom. The van der Waals surface area contributed by atoms with Crippen LogP contribution in [0.1, 0.15) is 46.5 Å². The minimum Gasteiger partial charge on any atom is -0.396 e. The van der Waals surface area contributed by atoms with Crippen molar-refractivity contribution in [2.75, 3.05) is 6.61 Å². The van der Waals surface area contributed by atoms with Crippen LogP contribution < -0.4 is 0 Å². The molecule has 92 valence electrons. The van der Waals surface area contributed by atoms with Crippen molar-refractivity contribution in [3.63, 3.8) is 0 Å². The van der Waals surface area contributed by atoms with Crippen molar-refractivity contribution < 1.29 is 5.11 Å². The molecule has 0 aromatic heterocycles. The maximum absolute atomic E-state index is 9.79. The highest BCUT2D eigenvalue weighted by atomic mass is 16.3. The second-order valence-corrected chi connectivity index (χ2v) is 6.87. The highest BCUT2D eigenvalue weighted by Gasteiger charge is 2.58. The van der Waals surface area contributed by atoms with Crippen molar-refractivity contribution in [2.45, 2.75) is 46.5 Å². The van der Waals surface area contributed by atoms with E-state index in [2.05, 4.69) is 27.4 Å². The van der Waals surface area contributed by atoms with Crippen molar-refractivity contribution in [1.82, 2.24) is 0 Å². The largest absolute Gasteiger partial charge is 0.396 e. The van der Waals surface area contributed by atoms with Gasteiger partial charge in [0, 0.05) is 6.61 Å². The van der Waals surface area contributed by atoms with Crippen LogP contribution in [0, 0.1) is 28.6 Å². The second-order valence-electron chi connectivity index (χ2n) is 6.87. The lowest BCUT2D eigenvalue weighted by Gasteiger charge is -2.48. The molecule has 2 aliphatic rings. The molecule has 1 heteroatoms. The first kappa shape index (κ1) is 12.2. The van der Waals surface area contributed by atoms with E-state index >= 15 is 0 Å². The minimum absolute atomic E-state index is 0.0467. The average molecular weight is 222 g/mol. The molecule has 1 nitrogen and oxygen atoms in total. The molecule has 4 atom stereocenters. The topological polar surface area (TPSA) is 20.2 Å². The molecule has 0 amide bonds. The van der Waals surface area contributed by atoms with E-state index in [-0.39, 0.29) is 5.41 Å². The first-order chi connectivity index (χ1) is 7.45. The summed E-state index contributed by atoms with van der Waals surface area (Å²) in [7, 11) is 0. The van der Waals surface area contributed by atoms with Crippen LogP contribution >= 0.6 is 0 Å². The molecule has 0 spiro atoms. The van der Waals surface area contributed by atoms with Crippen LogP contribution in [-0.4, -0.2) is 11.7 Å². The number of aliphatic hydroxyl groups is 1. The molecule has 2 bridgehead atoms. The summed E-state index contributed by atoms with van der Waals surface area (Å²) in [6, 6.07) is 0. The van der Waals surface area contributed by atoms with Gasteiger partial charge in [-0.3, -0.25) is 0 Å². The van der Waals surface area contributed by atoms with Crippen LogP contribution in [-0.2, 0) is 0 Å². The summed E-state index contributed by atoms with van der Waals surface area (Å²) in [6.07, 6.45) is 7.11. The fourth-order valence-corrected chi connectivity index (χ4v) is 4.94. The molecule has 0 aliphatic heterocycles. The maximum atomic E-state index is 9.79.